The van der Waals surface area contributed by atoms with E-state index in [0.29, 0.717) is 29.7 Å². The number of aryl methyl sites for hydroxylation is 1. The molecule has 0 fully saturated rings. The number of para-hydroxylation sites is 1. The van der Waals surface area contributed by atoms with Crippen LogP contribution in [-0.2, 0) is 6.54 Å². The number of aromatic nitrogens is 5. The summed E-state index contributed by atoms with van der Waals surface area (Å²) in [6, 6.07) is 9.59. The summed E-state index contributed by atoms with van der Waals surface area (Å²) in [6.07, 6.45) is 9.56. The first kappa shape index (κ1) is 16.8. The van der Waals surface area contributed by atoms with Crippen molar-refractivity contribution in [1.29, 1.82) is 0 Å². The lowest BCUT2D eigenvalue weighted by atomic mass is 10.2. The Hall–Kier alpha value is -3.68. The summed E-state index contributed by atoms with van der Waals surface area (Å²) in [5, 5.41) is 4.22. The highest BCUT2D eigenvalue weighted by Gasteiger charge is 2.12. The average molecular weight is 361 g/mol. The van der Waals surface area contributed by atoms with Crippen molar-refractivity contribution in [3.63, 3.8) is 0 Å². The Morgan fingerprint density at radius 2 is 2.00 bits per heavy atom. The Morgan fingerprint density at radius 1 is 1.07 bits per heavy atom. The normalized spacial score (nSPS) is 10.8. The largest absolute Gasteiger partial charge is 0.435 e. The molecule has 0 unspecified atom stereocenters. The van der Waals surface area contributed by atoms with Crippen LogP contribution in [-0.4, -0.2) is 31.0 Å². The van der Waals surface area contributed by atoms with Crippen LogP contribution >= 0.6 is 0 Å². The predicted octanol–water partition coefficient (Wildman–Crippen LogP) is 3.10. The fraction of sp³-hybridized carbons (Fsp3) is 0.158. The van der Waals surface area contributed by atoms with Crippen LogP contribution < -0.4 is 15.8 Å². The number of nitrogens with zero attached hydrogens (tertiary/aromatic N) is 5. The monoisotopic (exact) mass is 361 g/mol. The van der Waals surface area contributed by atoms with Crippen LogP contribution in [0.4, 0.5) is 11.5 Å². The molecule has 0 atom stereocenters. The number of nitrogen functional groups attached to an aromatic ring is 1. The minimum atomic E-state index is 0.306. The number of imidazole rings is 1. The van der Waals surface area contributed by atoms with Crippen LogP contribution in [0.2, 0.25) is 0 Å². The van der Waals surface area contributed by atoms with Gasteiger partial charge in [-0.2, -0.15) is 4.98 Å². The van der Waals surface area contributed by atoms with Gasteiger partial charge in [-0.1, -0.05) is 18.2 Å². The van der Waals surface area contributed by atoms with E-state index in [0.717, 1.165) is 23.9 Å². The van der Waals surface area contributed by atoms with Crippen LogP contribution in [0, 0.1) is 0 Å². The molecule has 136 valence electrons. The van der Waals surface area contributed by atoms with Gasteiger partial charge in [0.1, 0.15) is 17.5 Å². The molecule has 3 aromatic heterocycles. The maximum Gasteiger partial charge on any atom is 0.248 e. The number of nitrogens with two attached hydrogens (primary N) is 1. The molecular formula is C19H19N7O. The summed E-state index contributed by atoms with van der Waals surface area (Å²) in [5.74, 6) is 1.46. The number of ether oxygens (including phenoxy) is 1. The average Bonchev–Trinajstić information content (AvgIpc) is 3.22. The Labute approximate surface area is 156 Å². The van der Waals surface area contributed by atoms with Gasteiger partial charge in [-0.25, -0.2) is 9.97 Å². The molecule has 0 radical (unpaired) electrons. The van der Waals surface area contributed by atoms with Gasteiger partial charge in [0.05, 0.1) is 6.33 Å². The standard InChI is InChI=1S/C19H19N7O/c20-16-18(23-8-3-10-26-11-9-21-13-26)24-12-25-19(16)27-15-6-1-4-14-5-2-7-22-17(14)15/h1-2,4-7,9,11-13H,3,8,10,20H2,(H,23,24,25). The van der Waals surface area contributed by atoms with E-state index in [1.54, 1.807) is 18.7 Å². The zero-order valence-electron chi connectivity index (χ0n) is 14.6. The predicted molar refractivity (Wildman–Crippen MR) is 104 cm³/mol. The van der Waals surface area contributed by atoms with Crippen molar-refractivity contribution < 1.29 is 4.74 Å². The van der Waals surface area contributed by atoms with Gasteiger partial charge < -0.3 is 20.4 Å². The van der Waals surface area contributed by atoms with E-state index < -0.39 is 0 Å². The summed E-state index contributed by atoms with van der Waals surface area (Å²) in [5.41, 5.74) is 7.33. The van der Waals surface area contributed by atoms with Gasteiger partial charge >= 0.3 is 0 Å². The third kappa shape index (κ3) is 3.79. The zero-order valence-corrected chi connectivity index (χ0v) is 14.6. The molecule has 8 nitrogen and oxygen atoms in total. The van der Waals surface area contributed by atoms with E-state index in [4.69, 9.17) is 10.5 Å². The van der Waals surface area contributed by atoms with Crippen molar-refractivity contribution in [2.24, 2.45) is 0 Å². The van der Waals surface area contributed by atoms with E-state index in [1.807, 2.05) is 41.1 Å². The lowest BCUT2D eigenvalue weighted by molar-refractivity contribution is 0.468. The quantitative estimate of drug-likeness (QED) is 0.487. The lowest BCUT2D eigenvalue weighted by Crippen LogP contribution is -2.10. The second kappa shape index (κ2) is 7.69. The van der Waals surface area contributed by atoms with Crippen molar-refractivity contribution in [2.75, 3.05) is 17.6 Å². The van der Waals surface area contributed by atoms with Crippen LogP contribution in [0.25, 0.3) is 10.9 Å². The van der Waals surface area contributed by atoms with Gasteiger partial charge in [-0.15, -0.1) is 0 Å². The van der Waals surface area contributed by atoms with Gasteiger partial charge in [0.2, 0.25) is 5.88 Å². The van der Waals surface area contributed by atoms with Gasteiger partial charge in [-0.3, -0.25) is 4.98 Å². The van der Waals surface area contributed by atoms with Crippen molar-refractivity contribution >= 4 is 22.4 Å². The SMILES string of the molecule is Nc1c(NCCCn2ccnc2)ncnc1Oc1cccc2cccnc12. The number of fused-ring (bicyclic) bond motifs is 1. The Morgan fingerprint density at radius 3 is 2.89 bits per heavy atom. The van der Waals surface area contributed by atoms with E-state index >= 15 is 0 Å². The third-order valence-corrected chi connectivity index (χ3v) is 4.09. The molecule has 3 N–H and O–H groups in total. The number of benzene rings is 1. The molecule has 1 aromatic carbocycles. The highest BCUT2D eigenvalue weighted by molar-refractivity contribution is 5.84. The molecular weight excluding hydrogens is 342 g/mol. The fourth-order valence-corrected chi connectivity index (χ4v) is 2.75. The topological polar surface area (TPSA) is 104 Å². The molecule has 0 bridgehead atoms. The van der Waals surface area contributed by atoms with E-state index in [2.05, 4.69) is 25.3 Å². The number of anilines is 2. The highest BCUT2D eigenvalue weighted by atomic mass is 16.5. The first-order chi connectivity index (χ1) is 13.3. The van der Waals surface area contributed by atoms with Gasteiger partial charge in [0.15, 0.2) is 11.6 Å². The van der Waals surface area contributed by atoms with Crippen LogP contribution in [0.1, 0.15) is 6.42 Å². The molecule has 0 amide bonds. The van der Waals surface area contributed by atoms with E-state index in [1.165, 1.54) is 6.33 Å². The summed E-state index contributed by atoms with van der Waals surface area (Å²) in [4.78, 5) is 16.8. The van der Waals surface area contributed by atoms with Crippen molar-refractivity contribution in [3.8, 4) is 11.6 Å². The Balaban J connectivity index is 1.46. The smallest absolute Gasteiger partial charge is 0.248 e. The summed E-state index contributed by atoms with van der Waals surface area (Å²) < 4.78 is 7.96. The van der Waals surface area contributed by atoms with Crippen LogP contribution in [0.5, 0.6) is 11.6 Å². The molecule has 0 saturated carbocycles. The highest BCUT2D eigenvalue weighted by Crippen LogP contribution is 2.32. The first-order valence-corrected chi connectivity index (χ1v) is 8.63. The number of hydrogen-bond donors (Lipinski definition) is 2. The molecule has 3 heterocycles. The molecule has 4 rings (SSSR count). The lowest BCUT2D eigenvalue weighted by Gasteiger charge is -2.12. The zero-order chi connectivity index (χ0) is 18.5. The second-order valence-electron chi connectivity index (χ2n) is 5.96. The minimum absolute atomic E-state index is 0.306. The molecule has 0 aliphatic rings. The molecule has 8 heteroatoms. The molecule has 0 aliphatic carbocycles. The number of hydrogen-bond acceptors (Lipinski definition) is 7. The number of nitrogens with one attached hydrogen (secondary N) is 1. The molecule has 27 heavy (non-hydrogen) atoms. The third-order valence-electron chi connectivity index (χ3n) is 4.09. The van der Waals surface area contributed by atoms with E-state index in [9.17, 15) is 0 Å². The maximum absolute atomic E-state index is 6.20. The van der Waals surface area contributed by atoms with Crippen molar-refractivity contribution in [1.82, 2.24) is 24.5 Å². The molecule has 0 saturated heterocycles. The number of rotatable bonds is 7. The Bertz CT molecular complexity index is 1030. The van der Waals surface area contributed by atoms with Crippen LogP contribution in [0.15, 0.2) is 61.6 Å². The van der Waals surface area contributed by atoms with Gasteiger partial charge in [0.25, 0.3) is 0 Å². The van der Waals surface area contributed by atoms with Gasteiger partial charge in [-0.05, 0) is 18.6 Å². The first-order valence-electron chi connectivity index (χ1n) is 8.63. The summed E-state index contributed by atoms with van der Waals surface area (Å²) in [7, 11) is 0. The minimum Gasteiger partial charge on any atom is -0.435 e. The fourth-order valence-electron chi connectivity index (χ4n) is 2.75. The van der Waals surface area contributed by atoms with Crippen molar-refractivity contribution in [3.05, 3.63) is 61.6 Å². The van der Waals surface area contributed by atoms with Gasteiger partial charge in [0, 0.05) is 37.1 Å². The molecule has 0 spiro atoms. The van der Waals surface area contributed by atoms with Crippen LogP contribution in [0.3, 0.4) is 0 Å². The number of pyridine rings is 1. The molecule has 4 aromatic rings. The second-order valence-corrected chi connectivity index (χ2v) is 5.96. The maximum atomic E-state index is 6.20. The molecule has 0 aliphatic heterocycles. The van der Waals surface area contributed by atoms with Crippen molar-refractivity contribution in [2.45, 2.75) is 13.0 Å². The van der Waals surface area contributed by atoms with E-state index in [-0.39, 0.29) is 0 Å². The summed E-state index contributed by atoms with van der Waals surface area (Å²) in [6.45, 7) is 1.58. The summed E-state index contributed by atoms with van der Waals surface area (Å²) >= 11 is 0. The Kier molecular flexibility index (Phi) is 4.78.